The Bertz CT molecular complexity index is 819. The Morgan fingerprint density at radius 3 is 2.38 bits per heavy atom. The van der Waals surface area contributed by atoms with Gasteiger partial charge in [0.15, 0.2) is 0 Å². The lowest BCUT2D eigenvalue weighted by Gasteiger charge is -2.05. The zero-order chi connectivity index (χ0) is 20.9. The Hall–Kier alpha value is -1.29. The summed E-state index contributed by atoms with van der Waals surface area (Å²) in [5.74, 6) is 3.67. The number of nitrogens with zero attached hydrogens (tertiary/aromatic N) is 3. The first-order chi connectivity index (χ1) is 14.1. The second kappa shape index (κ2) is 13.8. The molecule has 29 heavy (non-hydrogen) atoms. The average Bonchev–Trinajstić information content (AvgIpc) is 3.26. The maximum Gasteiger partial charge on any atom is 0.219 e. The van der Waals surface area contributed by atoms with Gasteiger partial charge in [-0.25, -0.2) is 0 Å². The highest BCUT2D eigenvalue weighted by molar-refractivity contribution is 7.98. The SMILES string of the molecule is CCCCCCCCN=c1[nH][s+]([O-])[nH]c1=NCCSCc1ccc(CN(C)C)o1. The summed E-state index contributed by atoms with van der Waals surface area (Å²) in [5, 5.41) is 0. The molecule has 0 fully saturated rings. The van der Waals surface area contributed by atoms with Crippen LogP contribution in [0.1, 0.15) is 57.0 Å². The molecule has 0 bridgehead atoms. The molecule has 2 aromatic heterocycles. The summed E-state index contributed by atoms with van der Waals surface area (Å²) in [7, 11) is 4.06. The third-order valence-corrected chi connectivity index (χ3v) is 6.04. The first-order valence-corrected chi connectivity index (χ1v) is 12.7. The number of thioether (sulfide) groups is 1. The Kier molecular flexibility index (Phi) is 11.5. The summed E-state index contributed by atoms with van der Waals surface area (Å²) in [6.07, 6.45) is 7.39. The van der Waals surface area contributed by atoms with Gasteiger partial charge in [-0.1, -0.05) is 39.0 Å². The van der Waals surface area contributed by atoms with Gasteiger partial charge in [-0.2, -0.15) is 20.5 Å². The van der Waals surface area contributed by atoms with E-state index < -0.39 is 11.1 Å². The minimum atomic E-state index is -1.32. The van der Waals surface area contributed by atoms with Crippen LogP contribution in [0.15, 0.2) is 26.5 Å². The Morgan fingerprint density at radius 2 is 1.66 bits per heavy atom. The van der Waals surface area contributed by atoms with Crippen molar-refractivity contribution in [3.63, 3.8) is 0 Å². The van der Waals surface area contributed by atoms with Gasteiger partial charge in [-0.15, -0.1) is 0 Å². The van der Waals surface area contributed by atoms with Crippen LogP contribution in [0.5, 0.6) is 0 Å². The van der Waals surface area contributed by atoms with Crippen LogP contribution >= 0.6 is 22.9 Å². The van der Waals surface area contributed by atoms with E-state index in [4.69, 9.17) is 4.42 Å². The van der Waals surface area contributed by atoms with Gasteiger partial charge in [-0.3, -0.25) is 9.98 Å². The second-order valence-corrected chi connectivity index (χ2v) is 9.41. The van der Waals surface area contributed by atoms with Crippen LogP contribution in [0.2, 0.25) is 0 Å². The molecule has 2 rings (SSSR count). The van der Waals surface area contributed by atoms with E-state index in [0.29, 0.717) is 17.5 Å². The quantitative estimate of drug-likeness (QED) is 0.344. The predicted molar refractivity (Wildman–Crippen MR) is 120 cm³/mol. The first kappa shape index (κ1) is 24.0. The van der Waals surface area contributed by atoms with Gasteiger partial charge in [0.1, 0.15) is 22.7 Å². The Balaban J connectivity index is 1.74. The fraction of sp³-hybridized carbons (Fsp3) is 0.700. The lowest BCUT2D eigenvalue weighted by molar-refractivity contribution is 0.344. The van der Waals surface area contributed by atoms with Gasteiger partial charge in [0, 0.05) is 12.3 Å². The van der Waals surface area contributed by atoms with Crippen molar-refractivity contribution in [2.45, 2.75) is 57.7 Å². The molecule has 2 aromatic rings. The number of furan rings is 1. The molecular formula is C20H35N5O2S2. The second-order valence-electron chi connectivity index (χ2n) is 7.36. The molecule has 0 spiro atoms. The summed E-state index contributed by atoms with van der Waals surface area (Å²) < 4.78 is 23.2. The molecule has 0 saturated heterocycles. The van der Waals surface area contributed by atoms with Crippen LogP contribution < -0.4 is 11.0 Å². The third-order valence-electron chi connectivity index (χ3n) is 4.32. The van der Waals surface area contributed by atoms with E-state index in [1.165, 1.54) is 32.1 Å². The zero-order valence-corrected chi connectivity index (χ0v) is 19.5. The van der Waals surface area contributed by atoms with E-state index in [2.05, 4.69) is 30.6 Å². The molecule has 164 valence electrons. The molecule has 0 radical (unpaired) electrons. The van der Waals surface area contributed by atoms with Gasteiger partial charge < -0.3 is 13.9 Å². The van der Waals surface area contributed by atoms with Gasteiger partial charge in [-0.05, 0) is 32.6 Å². The number of hydrogen-bond donors (Lipinski definition) is 2. The molecule has 7 nitrogen and oxygen atoms in total. The predicted octanol–water partition coefficient (Wildman–Crippen LogP) is 3.82. The van der Waals surface area contributed by atoms with E-state index in [-0.39, 0.29) is 0 Å². The molecule has 2 heterocycles. The topological polar surface area (TPSA) is 95.7 Å². The number of nitrogens with one attached hydrogen (secondary N) is 2. The van der Waals surface area contributed by atoms with Crippen molar-refractivity contribution in [3.05, 3.63) is 34.6 Å². The van der Waals surface area contributed by atoms with Crippen LogP contribution in [0, 0.1) is 0 Å². The molecule has 0 aliphatic rings. The number of rotatable bonds is 14. The van der Waals surface area contributed by atoms with Gasteiger partial charge >= 0.3 is 0 Å². The highest BCUT2D eigenvalue weighted by atomic mass is 32.2. The number of unbranched alkanes of at least 4 members (excludes halogenated alkanes) is 5. The smallest absolute Gasteiger partial charge is 0.219 e. The summed E-state index contributed by atoms with van der Waals surface area (Å²) >= 11 is 0.455. The van der Waals surface area contributed by atoms with E-state index in [0.717, 1.165) is 42.5 Å². The molecule has 0 aliphatic carbocycles. The summed E-state index contributed by atoms with van der Waals surface area (Å²) in [6, 6.07) is 4.07. The van der Waals surface area contributed by atoms with Crippen molar-refractivity contribution in [1.29, 1.82) is 0 Å². The third kappa shape index (κ3) is 9.84. The highest BCUT2D eigenvalue weighted by Gasteiger charge is 2.04. The fourth-order valence-corrected chi connectivity index (χ4v) is 4.33. The van der Waals surface area contributed by atoms with E-state index in [9.17, 15) is 4.55 Å². The van der Waals surface area contributed by atoms with E-state index in [1.54, 1.807) is 11.8 Å². The summed E-state index contributed by atoms with van der Waals surface area (Å²) in [6.45, 7) is 4.43. The number of H-pyrrole nitrogens is 2. The van der Waals surface area contributed by atoms with Crippen molar-refractivity contribution in [1.82, 2.24) is 13.6 Å². The van der Waals surface area contributed by atoms with Crippen LogP contribution in [0.3, 0.4) is 0 Å². The van der Waals surface area contributed by atoms with Crippen molar-refractivity contribution in [2.75, 3.05) is 32.9 Å². The molecule has 0 saturated carbocycles. The highest BCUT2D eigenvalue weighted by Crippen LogP contribution is 2.16. The van der Waals surface area contributed by atoms with Crippen molar-refractivity contribution in [2.24, 2.45) is 9.98 Å². The number of aromatic nitrogens is 2. The molecule has 0 aliphatic heterocycles. The molecule has 0 amide bonds. The number of aromatic amines is 2. The normalized spacial score (nSPS) is 13.8. The largest absolute Gasteiger partial charge is 0.549 e. The molecule has 9 heteroatoms. The van der Waals surface area contributed by atoms with Crippen LogP contribution in [-0.4, -0.2) is 51.1 Å². The fourth-order valence-electron chi connectivity index (χ4n) is 2.89. The minimum Gasteiger partial charge on any atom is -0.549 e. The average molecular weight is 442 g/mol. The Labute approximate surface area is 180 Å². The monoisotopic (exact) mass is 441 g/mol. The van der Waals surface area contributed by atoms with Gasteiger partial charge in [0.2, 0.25) is 11.0 Å². The summed E-state index contributed by atoms with van der Waals surface area (Å²) in [5.41, 5.74) is 1.24. The Morgan fingerprint density at radius 1 is 1.00 bits per heavy atom. The van der Waals surface area contributed by atoms with Crippen LogP contribution in [0.4, 0.5) is 0 Å². The van der Waals surface area contributed by atoms with Crippen LogP contribution in [-0.2, 0) is 12.3 Å². The van der Waals surface area contributed by atoms with Gasteiger partial charge in [0.25, 0.3) is 0 Å². The molecule has 1 unspecified atom stereocenters. The molecule has 2 N–H and O–H groups in total. The maximum absolute atomic E-state index is 11.7. The standard InChI is InChI=1S/C20H35N5O2S2/c1-4-5-6-7-8-9-12-21-19-20(24-29(26)23-19)22-13-14-28-16-18-11-10-17(27-18)15-25(2)3/h10-11H,4-9,12-16H2,1-3H3,(H,21,23)(H,22,24). The van der Waals surface area contributed by atoms with Gasteiger partial charge in [0.05, 0.1) is 18.8 Å². The van der Waals surface area contributed by atoms with Crippen molar-refractivity contribution in [3.8, 4) is 0 Å². The van der Waals surface area contributed by atoms with Crippen molar-refractivity contribution < 1.29 is 8.97 Å². The first-order valence-electron chi connectivity index (χ1n) is 10.4. The lowest BCUT2D eigenvalue weighted by atomic mass is 10.1. The van der Waals surface area contributed by atoms with E-state index >= 15 is 0 Å². The lowest BCUT2D eigenvalue weighted by Crippen LogP contribution is -2.26. The molecular weight excluding hydrogens is 406 g/mol. The minimum absolute atomic E-state index is 0.612. The maximum atomic E-state index is 11.7. The van der Waals surface area contributed by atoms with Crippen molar-refractivity contribution >= 4 is 22.9 Å². The zero-order valence-electron chi connectivity index (χ0n) is 17.9. The molecule has 1 atom stereocenters. The van der Waals surface area contributed by atoms with Crippen LogP contribution in [0.25, 0.3) is 0 Å². The molecule has 0 aromatic carbocycles. The number of hydrogen-bond acceptors (Lipinski definition) is 6. The summed E-state index contributed by atoms with van der Waals surface area (Å²) in [4.78, 5) is 11.2. The van der Waals surface area contributed by atoms with E-state index in [1.807, 2.05) is 26.2 Å².